The van der Waals surface area contributed by atoms with E-state index in [1.165, 1.54) is 0 Å². The van der Waals surface area contributed by atoms with E-state index in [0.29, 0.717) is 19.7 Å². The molecule has 15 heavy (non-hydrogen) atoms. The minimum atomic E-state index is -0.00898. The van der Waals surface area contributed by atoms with Crippen LogP contribution in [0.15, 0.2) is 12.2 Å². The number of nitrogens with two attached hydrogens (primary N) is 1. The van der Waals surface area contributed by atoms with Gasteiger partial charge in [-0.1, -0.05) is 12.2 Å². The van der Waals surface area contributed by atoms with Gasteiger partial charge >= 0.3 is 0 Å². The molecule has 4 nitrogen and oxygen atoms in total. The Morgan fingerprint density at radius 2 is 2.33 bits per heavy atom. The van der Waals surface area contributed by atoms with E-state index in [1.54, 1.807) is 0 Å². The van der Waals surface area contributed by atoms with Gasteiger partial charge in [-0.15, -0.1) is 0 Å². The number of carbonyl (C=O) groups is 1. The highest BCUT2D eigenvalue weighted by Crippen LogP contribution is 2.20. The van der Waals surface area contributed by atoms with Crippen LogP contribution >= 0.6 is 0 Å². The molecule has 1 heterocycles. The summed E-state index contributed by atoms with van der Waals surface area (Å²) in [4.78, 5) is 13.9. The van der Waals surface area contributed by atoms with Gasteiger partial charge in [0, 0.05) is 19.1 Å². The zero-order chi connectivity index (χ0) is 10.8. The second kappa shape index (κ2) is 4.33. The number of amides is 1. The first-order valence-corrected chi connectivity index (χ1v) is 5.51. The quantitative estimate of drug-likeness (QED) is 0.626. The number of ether oxygens (including phenoxy) is 1. The minimum absolute atomic E-state index is 0.00898. The van der Waals surface area contributed by atoms with Gasteiger partial charge in [-0.2, -0.15) is 0 Å². The molecule has 84 valence electrons. The molecule has 2 aliphatic rings. The van der Waals surface area contributed by atoms with Crippen LogP contribution in [-0.4, -0.2) is 42.6 Å². The van der Waals surface area contributed by atoms with Crippen LogP contribution in [0.2, 0.25) is 0 Å². The van der Waals surface area contributed by atoms with Crippen molar-refractivity contribution in [3.63, 3.8) is 0 Å². The summed E-state index contributed by atoms with van der Waals surface area (Å²) in [5.74, 6) is 0.194. The van der Waals surface area contributed by atoms with Crippen molar-refractivity contribution >= 4 is 5.91 Å². The summed E-state index contributed by atoms with van der Waals surface area (Å²) in [5.41, 5.74) is 5.74. The minimum Gasteiger partial charge on any atom is -0.375 e. The molecule has 1 aliphatic heterocycles. The number of morpholine rings is 1. The maximum atomic E-state index is 12.1. The fourth-order valence-electron chi connectivity index (χ4n) is 2.16. The molecule has 0 radical (unpaired) electrons. The average molecular weight is 210 g/mol. The first-order chi connectivity index (χ1) is 7.16. The van der Waals surface area contributed by atoms with Gasteiger partial charge in [-0.25, -0.2) is 0 Å². The molecule has 3 atom stereocenters. The molecule has 0 bridgehead atoms. The number of hydrogen-bond donors (Lipinski definition) is 1. The predicted molar refractivity (Wildman–Crippen MR) is 57.2 cm³/mol. The van der Waals surface area contributed by atoms with Gasteiger partial charge in [0.15, 0.2) is 0 Å². The summed E-state index contributed by atoms with van der Waals surface area (Å²) in [5, 5.41) is 0. The Kier molecular flexibility index (Phi) is 3.07. The predicted octanol–water partition coefficient (Wildman–Crippen LogP) is 0.137. The summed E-state index contributed by atoms with van der Waals surface area (Å²) in [7, 11) is 0. The molecule has 4 heteroatoms. The lowest BCUT2D eigenvalue weighted by molar-refractivity contribution is -0.141. The molecule has 0 aromatic heterocycles. The van der Waals surface area contributed by atoms with Crippen molar-refractivity contribution in [2.45, 2.75) is 25.5 Å². The van der Waals surface area contributed by atoms with Gasteiger partial charge < -0.3 is 15.4 Å². The van der Waals surface area contributed by atoms with Crippen molar-refractivity contribution in [2.24, 2.45) is 11.7 Å². The topological polar surface area (TPSA) is 55.6 Å². The Labute approximate surface area is 90.1 Å². The highest BCUT2D eigenvalue weighted by molar-refractivity contribution is 5.81. The van der Waals surface area contributed by atoms with Crippen LogP contribution < -0.4 is 5.73 Å². The van der Waals surface area contributed by atoms with Crippen LogP contribution in [0, 0.1) is 5.92 Å². The van der Waals surface area contributed by atoms with Gasteiger partial charge in [0.05, 0.1) is 18.6 Å². The van der Waals surface area contributed by atoms with Crippen LogP contribution in [0.5, 0.6) is 0 Å². The third-order valence-corrected chi connectivity index (χ3v) is 2.99. The largest absolute Gasteiger partial charge is 0.375 e. The van der Waals surface area contributed by atoms with Gasteiger partial charge in [-0.05, 0) is 13.3 Å². The second-order valence-corrected chi connectivity index (χ2v) is 4.36. The Hall–Kier alpha value is -0.870. The Morgan fingerprint density at radius 3 is 2.93 bits per heavy atom. The zero-order valence-corrected chi connectivity index (χ0v) is 9.06. The van der Waals surface area contributed by atoms with Crippen LogP contribution in [0.25, 0.3) is 0 Å². The van der Waals surface area contributed by atoms with Crippen LogP contribution in [0.4, 0.5) is 0 Å². The van der Waals surface area contributed by atoms with Gasteiger partial charge in [-0.3, -0.25) is 4.79 Å². The maximum absolute atomic E-state index is 12.1. The summed E-state index contributed by atoms with van der Waals surface area (Å²) < 4.78 is 5.41. The molecule has 0 saturated carbocycles. The van der Waals surface area contributed by atoms with Crippen LogP contribution in [0.3, 0.4) is 0 Å². The lowest BCUT2D eigenvalue weighted by Gasteiger charge is -2.32. The van der Waals surface area contributed by atoms with Crippen LogP contribution in [-0.2, 0) is 9.53 Å². The zero-order valence-electron chi connectivity index (χ0n) is 9.06. The molecule has 0 aromatic carbocycles. The van der Waals surface area contributed by atoms with E-state index in [2.05, 4.69) is 0 Å². The lowest BCUT2D eigenvalue weighted by atomic mass is 10.1. The Bertz CT molecular complexity index is 278. The van der Waals surface area contributed by atoms with Crippen molar-refractivity contribution in [1.82, 2.24) is 4.90 Å². The summed E-state index contributed by atoms with van der Waals surface area (Å²) >= 11 is 0. The summed E-state index contributed by atoms with van der Waals surface area (Å²) in [6.07, 6.45) is 4.77. The van der Waals surface area contributed by atoms with Crippen molar-refractivity contribution in [1.29, 1.82) is 0 Å². The first kappa shape index (κ1) is 10.6. The van der Waals surface area contributed by atoms with Gasteiger partial charge in [0.25, 0.3) is 0 Å². The van der Waals surface area contributed by atoms with Crippen molar-refractivity contribution in [3.8, 4) is 0 Å². The third-order valence-electron chi connectivity index (χ3n) is 2.99. The van der Waals surface area contributed by atoms with Crippen molar-refractivity contribution < 1.29 is 9.53 Å². The van der Waals surface area contributed by atoms with Gasteiger partial charge in [0.1, 0.15) is 0 Å². The molecule has 0 aromatic rings. The highest BCUT2D eigenvalue weighted by Gasteiger charge is 2.29. The number of rotatable bonds is 1. The molecule has 1 saturated heterocycles. The van der Waals surface area contributed by atoms with E-state index in [0.717, 1.165) is 6.42 Å². The van der Waals surface area contributed by atoms with E-state index in [-0.39, 0.29) is 24.0 Å². The molecule has 0 spiro atoms. The van der Waals surface area contributed by atoms with E-state index in [4.69, 9.17) is 10.5 Å². The van der Waals surface area contributed by atoms with E-state index in [1.807, 2.05) is 24.0 Å². The van der Waals surface area contributed by atoms with Crippen LogP contribution in [0.1, 0.15) is 13.3 Å². The maximum Gasteiger partial charge on any atom is 0.229 e. The molecule has 1 fully saturated rings. The smallest absolute Gasteiger partial charge is 0.229 e. The molecule has 2 N–H and O–H groups in total. The fourth-order valence-corrected chi connectivity index (χ4v) is 2.16. The number of hydrogen-bond acceptors (Lipinski definition) is 3. The molecule has 1 aliphatic carbocycles. The second-order valence-electron chi connectivity index (χ2n) is 4.36. The first-order valence-electron chi connectivity index (χ1n) is 5.51. The molecule has 3 unspecified atom stereocenters. The standard InChI is InChI=1S/C11H18N2O2/c1-8-7-13(4-5-15-8)11(14)9-2-3-10(12)6-9/h2-3,8-10H,4-7,12H2,1H3. The number of nitrogens with zero attached hydrogens (tertiary/aromatic N) is 1. The average Bonchev–Trinajstić information content (AvgIpc) is 2.64. The molecular weight excluding hydrogens is 192 g/mol. The Balaban J connectivity index is 1.93. The highest BCUT2D eigenvalue weighted by atomic mass is 16.5. The molecular formula is C11H18N2O2. The van der Waals surface area contributed by atoms with E-state index in [9.17, 15) is 4.79 Å². The Morgan fingerprint density at radius 1 is 1.53 bits per heavy atom. The normalized spacial score (nSPS) is 35.9. The fraction of sp³-hybridized carbons (Fsp3) is 0.727. The lowest BCUT2D eigenvalue weighted by Crippen LogP contribution is -2.46. The summed E-state index contributed by atoms with van der Waals surface area (Å²) in [6, 6.07) is 0.0532. The third kappa shape index (κ3) is 2.38. The number of carbonyl (C=O) groups excluding carboxylic acids is 1. The van der Waals surface area contributed by atoms with Gasteiger partial charge in [0.2, 0.25) is 5.91 Å². The SMILES string of the molecule is CC1CN(C(=O)C2C=CC(N)C2)CCO1. The molecule has 1 amide bonds. The van der Waals surface area contributed by atoms with E-state index < -0.39 is 0 Å². The van der Waals surface area contributed by atoms with E-state index >= 15 is 0 Å². The van der Waals surface area contributed by atoms with Crippen molar-refractivity contribution in [3.05, 3.63) is 12.2 Å². The van der Waals surface area contributed by atoms with Crippen molar-refractivity contribution in [2.75, 3.05) is 19.7 Å². The summed E-state index contributed by atoms with van der Waals surface area (Å²) in [6.45, 7) is 4.06. The monoisotopic (exact) mass is 210 g/mol. The molecule has 2 rings (SSSR count).